The molecule has 0 bridgehead atoms. The van der Waals surface area contributed by atoms with Crippen LogP contribution in [-0.2, 0) is 0 Å². The van der Waals surface area contributed by atoms with Gasteiger partial charge in [0.05, 0.1) is 11.7 Å². The predicted octanol–water partition coefficient (Wildman–Crippen LogP) is 1.15. The molecule has 0 aromatic carbocycles. The number of likely N-dealkylation sites (N-methyl/N-ethyl adjacent to an activating group) is 1. The first-order valence-electron chi connectivity index (χ1n) is 6.38. The number of hydrogen-bond acceptors (Lipinski definition) is 4. The van der Waals surface area contributed by atoms with Gasteiger partial charge in [-0.3, -0.25) is 9.78 Å². The molecular formula is C14H16N4O. The van der Waals surface area contributed by atoms with E-state index < -0.39 is 5.91 Å². The summed E-state index contributed by atoms with van der Waals surface area (Å²) in [5.74, 6) is -0.0198. The standard InChI is InChI=1S/C14H16N4O/c1-18-5-4-10(8-18)11-3-2-9-6-12(14(15)19)16-7-13(9)17-11/h2-3,6-7,10H,4-5,8H2,1H3,(H2,15,19)/t10-/m0/s1. The molecule has 0 spiro atoms. The van der Waals surface area contributed by atoms with Crippen LogP contribution >= 0.6 is 0 Å². The maximum absolute atomic E-state index is 11.1. The third kappa shape index (κ3) is 2.29. The van der Waals surface area contributed by atoms with Gasteiger partial charge in [0.1, 0.15) is 5.69 Å². The van der Waals surface area contributed by atoms with Crippen molar-refractivity contribution in [1.29, 1.82) is 0 Å². The monoisotopic (exact) mass is 256 g/mol. The van der Waals surface area contributed by atoms with Crippen LogP contribution in [-0.4, -0.2) is 40.9 Å². The first kappa shape index (κ1) is 12.0. The van der Waals surface area contributed by atoms with E-state index in [1.165, 1.54) is 0 Å². The molecule has 1 aliphatic rings. The Labute approximate surface area is 111 Å². The Bertz CT molecular complexity index is 640. The minimum Gasteiger partial charge on any atom is -0.364 e. The number of amides is 1. The van der Waals surface area contributed by atoms with Crippen LogP contribution < -0.4 is 5.73 Å². The van der Waals surface area contributed by atoms with Crippen LogP contribution in [0.5, 0.6) is 0 Å². The summed E-state index contributed by atoms with van der Waals surface area (Å²) in [6, 6.07) is 5.72. The summed E-state index contributed by atoms with van der Waals surface area (Å²) in [6.07, 6.45) is 2.76. The summed E-state index contributed by atoms with van der Waals surface area (Å²) < 4.78 is 0. The second kappa shape index (κ2) is 4.59. The third-order valence-electron chi connectivity index (χ3n) is 3.66. The summed E-state index contributed by atoms with van der Waals surface area (Å²) in [6.45, 7) is 2.16. The Balaban J connectivity index is 1.97. The first-order valence-corrected chi connectivity index (χ1v) is 6.38. The fraction of sp³-hybridized carbons (Fsp3) is 0.357. The highest BCUT2D eigenvalue weighted by atomic mass is 16.1. The lowest BCUT2D eigenvalue weighted by Gasteiger charge is -2.10. The third-order valence-corrected chi connectivity index (χ3v) is 3.66. The molecule has 2 N–H and O–H groups in total. The number of pyridine rings is 2. The smallest absolute Gasteiger partial charge is 0.267 e. The fourth-order valence-corrected chi connectivity index (χ4v) is 2.58. The SMILES string of the molecule is CN1CC[C@H](c2ccc3cc(C(N)=O)ncc3n2)C1. The fourth-order valence-electron chi connectivity index (χ4n) is 2.58. The van der Waals surface area contributed by atoms with Crippen molar-refractivity contribution in [3.8, 4) is 0 Å². The average Bonchev–Trinajstić information content (AvgIpc) is 2.84. The molecule has 0 aliphatic carbocycles. The van der Waals surface area contributed by atoms with Crippen LogP contribution in [0.1, 0.15) is 28.5 Å². The number of carbonyl (C=O) groups is 1. The Morgan fingerprint density at radius 1 is 1.47 bits per heavy atom. The van der Waals surface area contributed by atoms with Gasteiger partial charge in [0.25, 0.3) is 5.91 Å². The topological polar surface area (TPSA) is 72.1 Å². The van der Waals surface area contributed by atoms with Crippen molar-refractivity contribution in [3.05, 3.63) is 35.8 Å². The Kier molecular flexibility index (Phi) is 2.91. The van der Waals surface area contributed by atoms with Crippen molar-refractivity contribution in [2.45, 2.75) is 12.3 Å². The number of fused-ring (bicyclic) bond motifs is 1. The summed E-state index contributed by atoms with van der Waals surface area (Å²) in [4.78, 5) is 22.1. The van der Waals surface area contributed by atoms with Gasteiger partial charge in [-0.2, -0.15) is 0 Å². The first-order chi connectivity index (χ1) is 9.13. The summed E-state index contributed by atoms with van der Waals surface area (Å²) in [5.41, 5.74) is 7.42. The number of nitrogens with zero attached hydrogens (tertiary/aromatic N) is 3. The number of likely N-dealkylation sites (tertiary alicyclic amines) is 1. The molecule has 2 aromatic heterocycles. The van der Waals surface area contributed by atoms with Crippen LogP contribution in [0, 0.1) is 0 Å². The predicted molar refractivity (Wildman–Crippen MR) is 72.9 cm³/mol. The van der Waals surface area contributed by atoms with E-state index in [0.29, 0.717) is 5.92 Å². The van der Waals surface area contributed by atoms with Crippen LogP contribution in [0.25, 0.3) is 10.9 Å². The van der Waals surface area contributed by atoms with Crippen molar-refractivity contribution >= 4 is 16.8 Å². The maximum Gasteiger partial charge on any atom is 0.267 e. The number of nitrogens with two attached hydrogens (primary N) is 1. The lowest BCUT2D eigenvalue weighted by molar-refractivity contribution is 0.0996. The van der Waals surface area contributed by atoms with Crippen molar-refractivity contribution in [2.24, 2.45) is 5.73 Å². The normalized spacial score (nSPS) is 19.9. The van der Waals surface area contributed by atoms with Gasteiger partial charge in [-0.05, 0) is 32.1 Å². The van der Waals surface area contributed by atoms with E-state index in [4.69, 9.17) is 5.73 Å². The second-order valence-electron chi connectivity index (χ2n) is 5.11. The molecule has 2 aromatic rings. The Morgan fingerprint density at radius 3 is 3.00 bits per heavy atom. The summed E-state index contributed by atoms with van der Waals surface area (Å²) in [5, 5.41) is 0.902. The van der Waals surface area contributed by atoms with E-state index in [1.54, 1.807) is 12.3 Å². The average molecular weight is 256 g/mol. The molecule has 3 rings (SSSR count). The minimum atomic E-state index is -0.511. The van der Waals surface area contributed by atoms with Gasteiger partial charge >= 0.3 is 0 Å². The van der Waals surface area contributed by atoms with E-state index in [2.05, 4.69) is 21.9 Å². The zero-order chi connectivity index (χ0) is 13.4. The number of hydrogen-bond donors (Lipinski definition) is 1. The van der Waals surface area contributed by atoms with Gasteiger partial charge in [0.15, 0.2) is 0 Å². The van der Waals surface area contributed by atoms with Crippen molar-refractivity contribution in [3.63, 3.8) is 0 Å². The lowest BCUT2D eigenvalue weighted by atomic mass is 10.0. The molecule has 1 amide bonds. The molecule has 5 nitrogen and oxygen atoms in total. The van der Waals surface area contributed by atoms with Crippen molar-refractivity contribution in [1.82, 2.24) is 14.9 Å². The second-order valence-corrected chi connectivity index (χ2v) is 5.11. The molecule has 98 valence electrons. The largest absolute Gasteiger partial charge is 0.364 e. The van der Waals surface area contributed by atoms with Gasteiger partial charge in [-0.25, -0.2) is 4.98 Å². The molecule has 0 unspecified atom stereocenters. The van der Waals surface area contributed by atoms with Crippen molar-refractivity contribution in [2.75, 3.05) is 20.1 Å². The molecule has 3 heterocycles. The van der Waals surface area contributed by atoms with E-state index in [-0.39, 0.29) is 5.69 Å². The quantitative estimate of drug-likeness (QED) is 0.874. The van der Waals surface area contributed by atoms with Gasteiger partial charge in [0, 0.05) is 23.5 Å². The van der Waals surface area contributed by atoms with E-state index in [0.717, 1.165) is 36.1 Å². The van der Waals surface area contributed by atoms with Gasteiger partial charge in [-0.1, -0.05) is 6.07 Å². The van der Waals surface area contributed by atoms with Gasteiger partial charge in [-0.15, -0.1) is 0 Å². The molecular weight excluding hydrogens is 240 g/mol. The number of carbonyl (C=O) groups excluding carboxylic acids is 1. The van der Waals surface area contributed by atoms with Gasteiger partial charge in [0.2, 0.25) is 0 Å². The van der Waals surface area contributed by atoms with Crippen LogP contribution in [0.15, 0.2) is 24.4 Å². The number of rotatable bonds is 2. The Morgan fingerprint density at radius 2 is 2.32 bits per heavy atom. The van der Waals surface area contributed by atoms with E-state index >= 15 is 0 Å². The van der Waals surface area contributed by atoms with Gasteiger partial charge < -0.3 is 10.6 Å². The molecule has 0 radical (unpaired) electrons. The molecule has 19 heavy (non-hydrogen) atoms. The molecule has 1 aliphatic heterocycles. The number of aromatic nitrogens is 2. The molecule has 0 saturated carbocycles. The lowest BCUT2D eigenvalue weighted by Crippen LogP contribution is -2.14. The zero-order valence-corrected chi connectivity index (χ0v) is 10.8. The molecule has 5 heteroatoms. The molecule has 1 fully saturated rings. The van der Waals surface area contributed by atoms with Crippen LogP contribution in [0.2, 0.25) is 0 Å². The van der Waals surface area contributed by atoms with E-state index in [1.807, 2.05) is 12.1 Å². The van der Waals surface area contributed by atoms with Crippen LogP contribution in [0.4, 0.5) is 0 Å². The number of primary amides is 1. The minimum absolute atomic E-state index is 0.280. The highest BCUT2D eigenvalue weighted by Gasteiger charge is 2.22. The Hall–Kier alpha value is -2.01. The maximum atomic E-state index is 11.1. The highest BCUT2D eigenvalue weighted by Crippen LogP contribution is 2.26. The summed E-state index contributed by atoms with van der Waals surface area (Å²) in [7, 11) is 2.13. The summed E-state index contributed by atoms with van der Waals surface area (Å²) >= 11 is 0. The van der Waals surface area contributed by atoms with Crippen molar-refractivity contribution < 1.29 is 4.79 Å². The molecule has 1 saturated heterocycles. The molecule has 1 atom stereocenters. The highest BCUT2D eigenvalue weighted by molar-refractivity contribution is 5.94. The zero-order valence-electron chi connectivity index (χ0n) is 10.8. The van der Waals surface area contributed by atoms with Crippen LogP contribution in [0.3, 0.4) is 0 Å². The van der Waals surface area contributed by atoms with E-state index in [9.17, 15) is 4.79 Å².